The Morgan fingerprint density at radius 3 is 2.46 bits per heavy atom. The highest BCUT2D eigenvalue weighted by atomic mass is 32.1. The van der Waals surface area contributed by atoms with Gasteiger partial charge in [-0.15, -0.1) is 0 Å². The van der Waals surface area contributed by atoms with Crippen molar-refractivity contribution in [2.75, 3.05) is 13.7 Å². The van der Waals surface area contributed by atoms with Crippen LogP contribution in [0.3, 0.4) is 0 Å². The molecule has 3 aromatic rings. The fourth-order valence-electron chi connectivity index (χ4n) is 4.03. The first kappa shape index (κ1) is 24.4. The predicted octanol–water partition coefficient (Wildman–Crippen LogP) is 4.10. The first-order chi connectivity index (χ1) is 16.8. The van der Waals surface area contributed by atoms with Gasteiger partial charge in [0.15, 0.2) is 4.80 Å². The standard InChI is InChI=1S/C28H28N2O4S/c1-6-15-34-27(32)24-18(4)29-28-30(25(24)21-11-13-22(33-5)14-12-21)26(31)23(35-28)16-19-7-9-20(10-8-19)17(2)3/h6-14,16-17,25H,1,15H2,2-5H3/b23-16+/t25-/m1/s1. The van der Waals surface area contributed by atoms with Crippen molar-refractivity contribution in [3.05, 3.63) is 109 Å². The second-order valence-electron chi connectivity index (χ2n) is 8.56. The molecular weight excluding hydrogens is 460 g/mol. The topological polar surface area (TPSA) is 69.9 Å². The fraction of sp³-hybridized carbons (Fsp3) is 0.250. The summed E-state index contributed by atoms with van der Waals surface area (Å²) in [7, 11) is 1.59. The molecule has 2 aromatic carbocycles. The zero-order valence-corrected chi connectivity index (χ0v) is 21.1. The molecule has 2 heterocycles. The van der Waals surface area contributed by atoms with Crippen molar-refractivity contribution in [3.63, 3.8) is 0 Å². The first-order valence-corrected chi connectivity index (χ1v) is 12.2. The number of aromatic nitrogens is 1. The number of ether oxygens (including phenoxy) is 2. The molecule has 180 valence electrons. The Balaban J connectivity index is 1.88. The molecule has 0 radical (unpaired) electrons. The summed E-state index contributed by atoms with van der Waals surface area (Å²) < 4.78 is 12.8. The second kappa shape index (κ2) is 10.3. The average Bonchev–Trinajstić information content (AvgIpc) is 3.16. The number of nitrogens with zero attached hydrogens (tertiary/aromatic N) is 2. The average molecular weight is 489 g/mol. The van der Waals surface area contributed by atoms with Gasteiger partial charge in [-0.25, -0.2) is 9.79 Å². The number of carbonyl (C=O) groups excluding carboxylic acids is 1. The van der Waals surface area contributed by atoms with Gasteiger partial charge in [-0.1, -0.05) is 74.2 Å². The Bertz CT molecular complexity index is 1460. The van der Waals surface area contributed by atoms with Crippen LogP contribution in [0, 0.1) is 0 Å². The highest BCUT2D eigenvalue weighted by Gasteiger charge is 2.33. The van der Waals surface area contributed by atoms with Crippen LogP contribution in [-0.2, 0) is 9.53 Å². The lowest BCUT2D eigenvalue weighted by molar-refractivity contribution is -0.138. The van der Waals surface area contributed by atoms with Gasteiger partial charge in [0.2, 0.25) is 0 Å². The van der Waals surface area contributed by atoms with Crippen LogP contribution in [0.5, 0.6) is 5.75 Å². The quantitative estimate of drug-likeness (QED) is 0.371. The van der Waals surface area contributed by atoms with Crippen LogP contribution in [0.1, 0.15) is 49.4 Å². The molecule has 0 aliphatic carbocycles. The molecule has 1 aliphatic rings. The van der Waals surface area contributed by atoms with Crippen LogP contribution in [0.15, 0.2) is 82.2 Å². The summed E-state index contributed by atoms with van der Waals surface area (Å²) in [5.74, 6) is 0.592. The molecule has 1 atom stereocenters. The van der Waals surface area contributed by atoms with Crippen molar-refractivity contribution in [2.24, 2.45) is 4.99 Å². The van der Waals surface area contributed by atoms with Crippen molar-refractivity contribution in [1.82, 2.24) is 4.57 Å². The number of carbonyl (C=O) groups is 1. The van der Waals surface area contributed by atoms with E-state index in [1.165, 1.54) is 23.0 Å². The lowest BCUT2D eigenvalue weighted by Gasteiger charge is -2.24. The van der Waals surface area contributed by atoms with Crippen molar-refractivity contribution >= 4 is 23.4 Å². The molecule has 0 unspecified atom stereocenters. The van der Waals surface area contributed by atoms with Crippen LogP contribution in [0.2, 0.25) is 0 Å². The highest BCUT2D eigenvalue weighted by molar-refractivity contribution is 7.07. The number of thiazole rings is 1. The minimum absolute atomic E-state index is 0.0712. The molecule has 35 heavy (non-hydrogen) atoms. The number of allylic oxidation sites excluding steroid dienone is 1. The van der Waals surface area contributed by atoms with E-state index in [1.807, 2.05) is 42.5 Å². The summed E-state index contributed by atoms with van der Waals surface area (Å²) in [6, 6.07) is 14.8. The molecule has 0 N–H and O–H groups in total. The zero-order valence-electron chi connectivity index (χ0n) is 20.3. The summed E-state index contributed by atoms with van der Waals surface area (Å²) in [6.07, 6.45) is 3.38. The summed E-state index contributed by atoms with van der Waals surface area (Å²) in [5.41, 5.74) is 3.58. The maximum absolute atomic E-state index is 13.7. The smallest absolute Gasteiger partial charge is 0.338 e. The Kier molecular flexibility index (Phi) is 7.17. The van der Waals surface area contributed by atoms with Crippen molar-refractivity contribution in [2.45, 2.75) is 32.7 Å². The monoisotopic (exact) mass is 488 g/mol. The fourth-order valence-corrected chi connectivity index (χ4v) is 5.07. The molecule has 7 heteroatoms. The lowest BCUT2D eigenvalue weighted by atomic mass is 9.96. The molecule has 0 saturated heterocycles. The van der Waals surface area contributed by atoms with Gasteiger partial charge in [0.05, 0.1) is 29.0 Å². The Labute approximate surface area is 208 Å². The van der Waals surface area contributed by atoms with Crippen molar-refractivity contribution < 1.29 is 14.3 Å². The van der Waals surface area contributed by atoms with E-state index in [4.69, 9.17) is 9.47 Å². The Hall–Kier alpha value is -3.71. The largest absolute Gasteiger partial charge is 0.497 e. The molecule has 4 rings (SSSR count). The van der Waals surface area contributed by atoms with E-state index in [0.717, 1.165) is 11.1 Å². The van der Waals surface area contributed by atoms with Gasteiger partial charge in [-0.3, -0.25) is 9.36 Å². The van der Waals surface area contributed by atoms with Gasteiger partial charge in [-0.2, -0.15) is 0 Å². The number of esters is 1. The van der Waals surface area contributed by atoms with E-state index in [1.54, 1.807) is 18.6 Å². The number of benzene rings is 2. The third kappa shape index (κ3) is 4.91. The van der Waals surface area contributed by atoms with E-state index in [9.17, 15) is 9.59 Å². The van der Waals surface area contributed by atoms with E-state index in [2.05, 4.69) is 37.6 Å². The van der Waals surface area contributed by atoms with Gasteiger partial charge in [0.1, 0.15) is 12.4 Å². The van der Waals surface area contributed by atoms with E-state index >= 15 is 0 Å². The molecular formula is C28H28N2O4S. The van der Waals surface area contributed by atoms with Crippen LogP contribution < -0.4 is 19.6 Å². The SMILES string of the molecule is C=CCOC(=O)C1=C(C)N=c2s/c(=C/c3ccc(C(C)C)cc3)c(=O)n2[C@@H]1c1ccc(OC)cc1. The van der Waals surface area contributed by atoms with Gasteiger partial charge < -0.3 is 9.47 Å². The summed E-state index contributed by atoms with van der Waals surface area (Å²) in [6.45, 7) is 9.74. The molecule has 0 amide bonds. The normalized spacial score (nSPS) is 15.6. The molecule has 0 spiro atoms. The Morgan fingerprint density at radius 1 is 1.17 bits per heavy atom. The molecule has 0 bridgehead atoms. The molecule has 1 aliphatic heterocycles. The molecule has 1 aromatic heterocycles. The van der Waals surface area contributed by atoms with Crippen LogP contribution >= 0.6 is 11.3 Å². The van der Waals surface area contributed by atoms with Gasteiger partial charge in [0.25, 0.3) is 5.56 Å². The number of hydrogen-bond donors (Lipinski definition) is 0. The maximum Gasteiger partial charge on any atom is 0.338 e. The minimum atomic E-state index is -0.667. The highest BCUT2D eigenvalue weighted by Crippen LogP contribution is 2.31. The third-order valence-corrected chi connectivity index (χ3v) is 6.89. The van der Waals surface area contributed by atoms with Crippen molar-refractivity contribution in [3.8, 4) is 5.75 Å². The maximum atomic E-state index is 13.7. The van der Waals surface area contributed by atoms with Crippen LogP contribution in [0.25, 0.3) is 6.08 Å². The molecule has 0 saturated carbocycles. The first-order valence-electron chi connectivity index (χ1n) is 11.4. The van der Waals surface area contributed by atoms with Crippen molar-refractivity contribution in [1.29, 1.82) is 0 Å². The summed E-state index contributed by atoms with van der Waals surface area (Å²) in [4.78, 5) is 31.9. The minimum Gasteiger partial charge on any atom is -0.497 e. The van der Waals surface area contributed by atoms with Gasteiger partial charge in [0, 0.05) is 0 Å². The molecule has 0 fully saturated rings. The summed E-state index contributed by atoms with van der Waals surface area (Å²) >= 11 is 1.31. The molecule has 6 nitrogen and oxygen atoms in total. The van der Waals surface area contributed by atoms with E-state index in [-0.39, 0.29) is 12.2 Å². The number of methoxy groups -OCH3 is 1. The number of rotatable bonds is 7. The Morgan fingerprint density at radius 2 is 1.86 bits per heavy atom. The third-order valence-electron chi connectivity index (χ3n) is 5.91. The number of fused-ring (bicyclic) bond motifs is 1. The van der Waals surface area contributed by atoms with Crippen LogP contribution in [0.4, 0.5) is 0 Å². The van der Waals surface area contributed by atoms with Gasteiger partial charge in [-0.05, 0) is 47.7 Å². The summed E-state index contributed by atoms with van der Waals surface area (Å²) in [5, 5.41) is 0. The second-order valence-corrected chi connectivity index (χ2v) is 9.57. The van der Waals surface area contributed by atoms with E-state index < -0.39 is 12.0 Å². The predicted molar refractivity (Wildman–Crippen MR) is 138 cm³/mol. The lowest BCUT2D eigenvalue weighted by Crippen LogP contribution is -2.39. The van der Waals surface area contributed by atoms with E-state index in [0.29, 0.717) is 32.3 Å². The van der Waals surface area contributed by atoms with Gasteiger partial charge >= 0.3 is 5.97 Å². The number of hydrogen-bond acceptors (Lipinski definition) is 6. The van der Waals surface area contributed by atoms with Crippen LogP contribution in [-0.4, -0.2) is 24.3 Å². The zero-order chi connectivity index (χ0) is 25.1.